The van der Waals surface area contributed by atoms with Gasteiger partial charge in [-0.2, -0.15) is 0 Å². The lowest BCUT2D eigenvalue weighted by atomic mass is 9.93. The van der Waals surface area contributed by atoms with Crippen LogP contribution >= 0.6 is 0 Å². The number of carbonyl (C=O) groups is 1. The molecule has 104 valence electrons. The van der Waals surface area contributed by atoms with Crippen LogP contribution in [-0.4, -0.2) is 12.1 Å². The second kappa shape index (κ2) is 7.13. The highest BCUT2D eigenvalue weighted by Crippen LogP contribution is 2.23. The van der Waals surface area contributed by atoms with Gasteiger partial charge in [0.25, 0.3) is 0 Å². The average Bonchev–Trinajstić information content (AvgIpc) is 2.27. The van der Waals surface area contributed by atoms with Crippen LogP contribution in [0.25, 0.3) is 0 Å². The fraction of sp³-hybridized carbons (Fsp3) is 0.471. The van der Waals surface area contributed by atoms with E-state index in [9.17, 15) is 4.79 Å². The smallest absolute Gasteiger partial charge is 0.303 e. The van der Waals surface area contributed by atoms with Gasteiger partial charge >= 0.3 is 5.97 Å². The minimum atomic E-state index is -0.224. The Morgan fingerprint density at radius 1 is 1.21 bits per heavy atom. The van der Waals surface area contributed by atoms with E-state index < -0.39 is 0 Å². The summed E-state index contributed by atoms with van der Waals surface area (Å²) >= 11 is 0. The first-order chi connectivity index (χ1) is 8.88. The predicted molar refractivity (Wildman–Crippen MR) is 79.2 cm³/mol. The van der Waals surface area contributed by atoms with Gasteiger partial charge in [0.15, 0.2) is 0 Å². The molecule has 0 saturated carbocycles. The molecule has 19 heavy (non-hydrogen) atoms. The maximum absolute atomic E-state index is 11.1. The second-order valence-corrected chi connectivity index (χ2v) is 5.44. The van der Waals surface area contributed by atoms with Crippen LogP contribution < -0.4 is 0 Å². The van der Waals surface area contributed by atoms with E-state index >= 15 is 0 Å². The molecule has 0 aliphatic heterocycles. The molecule has 1 aromatic rings. The Kier molecular flexibility index (Phi) is 5.81. The van der Waals surface area contributed by atoms with Crippen LogP contribution in [0.2, 0.25) is 0 Å². The predicted octanol–water partition coefficient (Wildman–Crippen LogP) is 4.39. The molecule has 2 nitrogen and oxygen atoms in total. The first kappa shape index (κ1) is 15.5. The summed E-state index contributed by atoms with van der Waals surface area (Å²) in [6, 6.07) is 8.53. The lowest BCUT2D eigenvalue weighted by Crippen LogP contribution is -2.17. The maximum atomic E-state index is 11.1. The third kappa shape index (κ3) is 5.73. The van der Waals surface area contributed by atoms with Gasteiger partial charge in [0.1, 0.15) is 6.10 Å². The zero-order valence-corrected chi connectivity index (χ0v) is 12.6. The van der Waals surface area contributed by atoms with E-state index in [0.29, 0.717) is 5.92 Å². The largest absolute Gasteiger partial charge is 0.458 e. The van der Waals surface area contributed by atoms with Crippen molar-refractivity contribution in [1.29, 1.82) is 0 Å². The number of allylic oxidation sites excluding steroid dienone is 1. The van der Waals surface area contributed by atoms with Crippen LogP contribution in [0.4, 0.5) is 0 Å². The van der Waals surface area contributed by atoms with Crippen molar-refractivity contribution in [3.05, 3.63) is 47.0 Å². The van der Waals surface area contributed by atoms with Gasteiger partial charge in [-0.05, 0) is 44.7 Å². The molecule has 0 saturated heterocycles. The molecule has 0 amide bonds. The molecule has 2 heteroatoms. The molecule has 1 rings (SSSR count). The van der Waals surface area contributed by atoms with Crippen molar-refractivity contribution in [1.82, 2.24) is 0 Å². The summed E-state index contributed by atoms with van der Waals surface area (Å²) in [6.07, 6.45) is 2.69. The van der Waals surface area contributed by atoms with Gasteiger partial charge in [0.05, 0.1) is 0 Å². The van der Waals surface area contributed by atoms with Crippen molar-refractivity contribution in [3.8, 4) is 0 Å². The van der Waals surface area contributed by atoms with Crippen LogP contribution in [0.5, 0.6) is 0 Å². The highest BCUT2D eigenvalue weighted by atomic mass is 16.5. The van der Waals surface area contributed by atoms with Crippen molar-refractivity contribution < 1.29 is 9.53 Å². The molecule has 1 aromatic carbocycles. The van der Waals surface area contributed by atoms with E-state index in [1.54, 1.807) is 0 Å². The standard InChI is InChI=1S/C17H24O2/c1-12(2)10-17(19-15(5)18)11-14(4)16-8-6-13(3)7-9-16/h6-10,14,17H,11H2,1-5H3/t14-,17+/m0/s1. The van der Waals surface area contributed by atoms with Gasteiger partial charge in [-0.1, -0.05) is 42.3 Å². The first-order valence-corrected chi connectivity index (χ1v) is 6.77. The summed E-state index contributed by atoms with van der Waals surface area (Å²) in [5.41, 5.74) is 3.71. The number of carbonyl (C=O) groups excluding carboxylic acids is 1. The van der Waals surface area contributed by atoms with E-state index in [1.165, 1.54) is 23.6 Å². The highest BCUT2D eigenvalue weighted by Gasteiger charge is 2.15. The van der Waals surface area contributed by atoms with E-state index in [1.807, 2.05) is 19.9 Å². The van der Waals surface area contributed by atoms with Gasteiger partial charge < -0.3 is 4.74 Å². The van der Waals surface area contributed by atoms with Gasteiger partial charge in [-0.3, -0.25) is 4.79 Å². The molecule has 0 unspecified atom stereocenters. The van der Waals surface area contributed by atoms with Crippen LogP contribution in [0, 0.1) is 6.92 Å². The molecule has 0 heterocycles. The van der Waals surface area contributed by atoms with E-state index in [4.69, 9.17) is 4.74 Å². The molecule has 0 fully saturated rings. The van der Waals surface area contributed by atoms with E-state index in [2.05, 4.69) is 38.1 Å². The summed E-state index contributed by atoms with van der Waals surface area (Å²) in [4.78, 5) is 11.1. The van der Waals surface area contributed by atoms with Crippen molar-refractivity contribution >= 4 is 5.97 Å². The summed E-state index contributed by atoms with van der Waals surface area (Å²) in [5, 5.41) is 0. The zero-order chi connectivity index (χ0) is 14.4. The number of aryl methyl sites for hydroxylation is 1. The number of benzene rings is 1. The molecule has 0 N–H and O–H groups in total. The highest BCUT2D eigenvalue weighted by molar-refractivity contribution is 5.66. The van der Waals surface area contributed by atoms with Crippen LogP contribution in [-0.2, 0) is 9.53 Å². The first-order valence-electron chi connectivity index (χ1n) is 6.77. The lowest BCUT2D eigenvalue weighted by Gasteiger charge is -2.19. The summed E-state index contributed by atoms with van der Waals surface area (Å²) in [7, 11) is 0. The molecule has 0 radical (unpaired) electrons. The van der Waals surface area contributed by atoms with Crippen LogP contribution in [0.15, 0.2) is 35.9 Å². The third-order valence-electron chi connectivity index (χ3n) is 3.07. The fourth-order valence-electron chi connectivity index (χ4n) is 2.11. The Labute approximate surface area is 116 Å². The van der Waals surface area contributed by atoms with Gasteiger partial charge in [-0.15, -0.1) is 0 Å². The van der Waals surface area contributed by atoms with Gasteiger partial charge in [0, 0.05) is 6.92 Å². The molecule has 0 aliphatic carbocycles. The van der Waals surface area contributed by atoms with Crippen molar-refractivity contribution in [2.75, 3.05) is 0 Å². The Morgan fingerprint density at radius 2 is 1.79 bits per heavy atom. The molecular weight excluding hydrogens is 236 g/mol. The van der Waals surface area contributed by atoms with Gasteiger partial charge in [0.2, 0.25) is 0 Å². The Morgan fingerprint density at radius 3 is 2.26 bits per heavy atom. The SMILES string of the molecule is CC(=O)O[C@H](C=C(C)C)C[C@H](C)c1ccc(C)cc1. The number of esters is 1. The minimum absolute atomic E-state index is 0.140. The number of ether oxygens (including phenoxy) is 1. The molecule has 0 spiro atoms. The molecule has 0 aromatic heterocycles. The quantitative estimate of drug-likeness (QED) is 0.580. The topological polar surface area (TPSA) is 26.3 Å². The average molecular weight is 260 g/mol. The fourth-order valence-corrected chi connectivity index (χ4v) is 2.11. The number of hydrogen-bond donors (Lipinski definition) is 0. The minimum Gasteiger partial charge on any atom is -0.458 e. The summed E-state index contributed by atoms with van der Waals surface area (Å²) in [6.45, 7) is 9.75. The van der Waals surface area contributed by atoms with E-state index in [0.717, 1.165) is 6.42 Å². The number of rotatable bonds is 5. The normalized spacial score (nSPS) is 13.5. The van der Waals surface area contributed by atoms with Crippen LogP contribution in [0.1, 0.15) is 51.2 Å². The molecule has 2 atom stereocenters. The Bertz CT molecular complexity index is 439. The third-order valence-corrected chi connectivity index (χ3v) is 3.07. The molecular formula is C17H24O2. The second-order valence-electron chi connectivity index (χ2n) is 5.44. The lowest BCUT2D eigenvalue weighted by molar-refractivity contribution is -0.144. The van der Waals surface area contributed by atoms with E-state index in [-0.39, 0.29) is 12.1 Å². The van der Waals surface area contributed by atoms with Crippen molar-refractivity contribution in [3.63, 3.8) is 0 Å². The van der Waals surface area contributed by atoms with Crippen molar-refractivity contribution in [2.45, 2.75) is 53.1 Å². The molecule has 0 bridgehead atoms. The Balaban J connectivity index is 2.75. The zero-order valence-electron chi connectivity index (χ0n) is 12.6. The van der Waals surface area contributed by atoms with Crippen LogP contribution in [0.3, 0.4) is 0 Å². The molecule has 0 aliphatic rings. The maximum Gasteiger partial charge on any atom is 0.303 e. The Hall–Kier alpha value is -1.57. The number of hydrogen-bond acceptors (Lipinski definition) is 2. The van der Waals surface area contributed by atoms with Crippen molar-refractivity contribution in [2.24, 2.45) is 0 Å². The van der Waals surface area contributed by atoms with Gasteiger partial charge in [-0.25, -0.2) is 0 Å². The summed E-state index contributed by atoms with van der Waals surface area (Å²) in [5.74, 6) is 0.138. The monoisotopic (exact) mass is 260 g/mol. The summed E-state index contributed by atoms with van der Waals surface area (Å²) < 4.78 is 5.36.